The van der Waals surface area contributed by atoms with Crippen LogP contribution in [0.15, 0.2) is 53.9 Å². The summed E-state index contributed by atoms with van der Waals surface area (Å²) < 4.78 is 64.7. The molecule has 3 rings (SSSR count). The zero-order chi connectivity index (χ0) is 26.5. The molecule has 36 heavy (non-hydrogen) atoms. The summed E-state index contributed by atoms with van der Waals surface area (Å²) in [7, 11) is -3.60. The second kappa shape index (κ2) is 11.2. The fourth-order valence-electron chi connectivity index (χ4n) is 4.23. The molecular formula is C25H28F3N3O4S. The molecule has 0 unspecified atom stereocenters. The highest BCUT2D eigenvalue weighted by Crippen LogP contribution is 2.31. The molecule has 194 valence electrons. The number of carbonyl (C=O) groups excluding carboxylic acids is 2. The molecule has 2 aromatic carbocycles. The molecule has 1 aliphatic carbocycles. The van der Waals surface area contributed by atoms with E-state index in [1.165, 1.54) is 12.1 Å². The maximum atomic E-state index is 13.0. The van der Waals surface area contributed by atoms with Crippen molar-refractivity contribution < 1.29 is 31.2 Å². The lowest BCUT2D eigenvalue weighted by Gasteiger charge is -2.32. The molecule has 0 spiro atoms. The highest BCUT2D eigenvalue weighted by molar-refractivity contribution is 7.91. The van der Waals surface area contributed by atoms with E-state index in [0.29, 0.717) is 18.9 Å². The van der Waals surface area contributed by atoms with Gasteiger partial charge in [0.15, 0.2) is 9.84 Å². The van der Waals surface area contributed by atoms with Crippen LogP contribution in [0.3, 0.4) is 0 Å². The SMILES string of the molecule is C=Cc1ccc(S(=O)(=O)C[C@H]2CCCC[C@@H]2NC(=O)CNC(=O)c2cc(C(F)(F)F)ccc2N)cc1. The Morgan fingerprint density at radius 1 is 1.08 bits per heavy atom. The number of amides is 2. The van der Waals surface area contributed by atoms with E-state index in [1.54, 1.807) is 18.2 Å². The van der Waals surface area contributed by atoms with Gasteiger partial charge < -0.3 is 16.4 Å². The van der Waals surface area contributed by atoms with E-state index in [9.17, 15) is 31.2 Å². The van der Waals surface area contributed by atoms with Crippen molar-refractivity contribution in [2.75, 3.05) is 18.0 Å². The van der Waals surface area contributed by atoms with Gasteiger partial charge >= 0.3 is 6.18 Å². The molecule has 2 amide bonds. The van der Waals surface area contributed by atoms with Gasteiger partial charge in [-0.25, -0.2) is 8.42 Å². The Morgan fingerprint density at radius 3 is 2.39 bits per heavy atom. The van der Waals surface area contributed by atoms with Crippen molar-refractivity contribution in [1.82, 2.24) is 10.6 Å². The Hall–Kier alpha value is -3.34. The van der Waals surface area contributed by atoms with Gasteiger partial charge in [0.25, 0.3) is 5.91 Å². The van der Waals surface area contributed by atoms with E-state index in [-0.39, 0.29) is 27.8 Å². The third-order valence-electron chi connectivity index (χ3n) is 6.20. The summed E-state index contributed by atoms with van der Waals surface area (Å²) >= 11 is 0. The normalized spacial score (nSPS) is 18.3. The van der Waals surface area contributed by atoms with Crippen molar-refractivity contribution in [2.45, 2.75) is 42.8 Å². The van der Waals surface area contributed by atoms with Gasteiger partial charge in [-0.2, -0.15) is 13.2 Å². The molecule has 1 fully saturated rings. The summed E-state index contributed by atoms with van der Waals surface area (Å²) in [6.07, 6.45) is -0.207. The van der Waals surface area contributed by atoms with Crippen molar-refractivity contribution in [2.24, 2.45) is 5.92 Å². The zero-order valence-electron chi connectivity index (χ0n) is 19.5. The molecule has 0 saturated heterocycles. The number of nitrogens with one attached hydrogen (secondary N) is 2. The number of sulfone groups is 1. The molecule has 4 N–H and O–H groups in total. The Labute approximate surface area is 207 Å². The molecule has 1 aliphatic rings. The van der Waals surface area contributed by atoms with Crippen LogP contribution in [0.1, 0.15) is 47.2 Å². The second-order valence-electron chi connectivity index (χ2n) is 8.76. The molecular weight excluding hydrogens is 495 g/mol. The number of benzene rings is 2. The highest BCUT2D eigenvalue weighted by Gasteiger charge is 2.33. The van der Waals surface area contributed by atoms with Crippen LogP contribution in [-0.2, 0) is 20.8 Å². The lowest BCUT2D eigenvalue weighted by atomic mass is 9.86. The highest BCUT2D eigenvalue weighted by atomic mass is 32.2. The number of nitrogen functional groups attached to an aromatic ring is 1. The van der Waals surface area contributed by atoms with Crippen molar-refractivity contribution in [3.8, 4) is 0 Å². The van der Waals surface area contributed by atoms with Crippen molar-refractivity contribution >= 4 is 33.4 Å². The van der Waals surface area contributed by atoms with E-state index in [2.05, 4.69) is 17.2 Å². The standard InChI is InChI=1S/C25H28F3N3O4S/c1-2-16-7-10-19(11-8-16)36(34,35)15-17-5-3-4-6-22(17)31-23(32)14-30-24(33)20-13-18(25(26,27)28)9-12-21(20)29/h2,7-13,17,22H,1,3-6,14-15,29H2,(H,30,33)(H,31,32)/t17-,22+/m1/s1. The molecule has 2 atom stereocenters. The van der Waals surface area contributed by atoms with Gasteiger partial charge in [-0.05, 0) is 54.7 Å². The minimum absolute atomic E-state index is 0.140. The third kappa shape index (κ3) is 6.87. The van der Waals surface area contributed by atoms with Gasteiger partial charge in [0, 0.05) is 11.7 Å². The van der Waals surface area contributed by atoms with Gasteiger partial charge in [0.05, 0.1) is 28.3 Å². The van der Waals surface area contributed by atoms with E-state index in [4.69, 9.17) is 5.73 Å². The largest absolute Gasteiger partial charge is 0.416 e. The summed E-state index contributed by atoms with van der Waals surface area (Å²) in [5.74, 6) is -1.95. The number of hydrogen-bond donors (Lipinski definition) is 3. The summed E-state index contributed by atoms with van der Waals surface area (Å²) in [5.41, 5.74) is 4.87. The Bertz CT molecular complexity index is 1230. The van der Waals surface area contributed by atoms with Gasteiger partial charge in [-0.3, -0.25) is 9.59 Å². The van der Waals surface area contributed by atoms with Crippen LogP contribution in [0.5, 0.6) is 0 Å². The molecule has 0 heterocycles. The predicted molar refractivity (Wildman–Crippen MR) is 131 cm³/mol. The number of carbonyl (C=O) groups is 2. The predicted octanol–water partition coefficient (Wildman–Crippen LogP) is 3.81. The quantitative estimate of drug-likeness (QED) is 0.455. The number of halogens is 3. The Morgan fingerprint density at radius 2 is 1.75 bits per heavy atom. The summed E-state index contributed by atoms with van der Waals surface area (Å²) in [5, 5.41) is 5.06. The van der Waals surface area contributed by atoms with E-state index in [0.717, 1.165) is 30.5 Å². The maximum Gasteiger partial charge on any atom is 0.416 e. The van der Waals surface area contributed by atoms with Crippen LogP contribution in [0.25, 0.3) is 6.08 Å². The number of rotatable bonds is 8. The molecule has 0 aliphatic heterocycles. The smallest absolute Gasteiger partial charge is 0.398 e. The first-order chi connectivity index (χ1) is 16.9. The zero-order valence-corrected chi connectivity index (χ0v) is 20.3. The number of nitrogens with two attached hydrogens (primary N) is 1. The lowest BCUT2D eigenvalue weighted by Crippen LogP contribution is -2.47. The molecule has 7 nitrogen and oxygen atoms in total. The van der Waals surface area contributed by atoms with Crippen LogP contribution in [0.4, 0.5) is 18.9 Å². The van der Waals surface area contributed by atoms with Crippen LogP contribution >= 0.6 is 0 Å². The minimum Gasteiger partial charge on any atom is -0.398 e. The summed E-state index contributed by atoms with van der Waals surface area (Å²) in [4.78, 5) is 25.1. The number of hydrogen-bond acceptors (Lipinski definition) is 5. The van der Waals surface area contributed by atoms with E-state index < -0.39 is 46.0 Å². The monoisotopic (exact) mass is 523 g/mol. The average Bonchev–Trinajstić information content (AvgIpc) is 2.83. The van der Waals surface area contributed by atoms with Crippen LogP contribution in [0.2, 0.25) is 0 Å². The van der Waals surface area contributed by atoms with Crippen molar-refractivity contribution in [3.63, 3.8) is 0 Å². The van der Waals surface area contributed by atoms with Gasteiger partial charge in [0.2, 0.25) is 5.91 Å². The average molecular weight is 524 g/mol. The first-order valence-electron chi connectivity index (χ1n) is 11.4. The molecule has 1 saturated carbocycles. The van der Waals surface area contributed by atoms with Crippen LogP contribution < -0.4 is 16.4 Å². The summed E-state index contributed by atoms with van der Waals surface area (Å²) in [6, 6.07) is 8.35. The fraction of sp³-hybridized carbons (Fsp3) is 0.360. The second-order valence-corrected chi connectivity index (χ2v) is 10.8. The topological polar surface area (TPSA) is 118 Å². The van der Waals surface area contributed by atoms with Crippen molar-refractivity contribution in [1.29, 1.82) is 0 Å². The van der Waals surface area contributed by atoms with Gasteiger partial charge in [0.1, 0.15) is 0 Å². The Balaban J connectivity index is 1.62. The Kier molecular flexibility index (Phi) is 8.44. The van der Waals surface area contributed by atoms with E-state index in [1.807, 2.05) is 0 Å². The molecule has 0 radical (unpaired) electrons. The summed E-state index contributed by atoms with van der Waals surface area (Å²) in [6.45, 7) is 3.16. The molecule has 0 aromatic heterocycles. The number of anilines is 1. The molecule has 11 heteroatoms. The first-order valence-corrected chi connectivity index (χ1v) is 13.1. The van der Waals surface area contributed by atoms with Crippen LogP contribution in [-0.4, -0.2) is 38.6 Å². The first kappa shape index (κ1) is 27.3. The van der Waals surface area contributed by atoms with Crippen molar-refractivity contribution in [3.05, 3.63) is 65.7 Å². The minimum atomic E-state index is -4.65. The maximum absolute atomic E-state index is 13.0. The lowest BCUT2D eigenvalue weighted by molar-refractivity contribution is -0.137. The van der Waals surface area contributed by atoms with Crippen LogP contribution in [0, 0.1) is 5.92 Å². The van der Waals surface area contributed by atoms with E-state index >= 15 is 0 Å². The molecule has 0 bridgehead atoms. The number of alkyl halides is 3. The third-order valence-corrected chi connectivity index (χ3v) is 8.06. The van der Waals surface area contributed by atoms with Gasteiger partial charge in [-0.1, -0.05) is 37.6 Å². The van der Waals surface area contributed by atoms with Gasteiger partial charge in [-0.15, -0.1) is 0 Å². The molecule has 2 aromatic rings. The fourth-order valence-corrected chi connectivity index (χ4v) is 5.94.